The number of nitrogens with zero attached hydrogens (tertiary/aromatic N) is 2. The average molecular weight is 400 g/mol. The van der Waals surface area contributed by atoms with Crippen LogP contribution in [0.1, 0.15) is 46.0 Å². The van der Waals surface area contributed by atoms with Gasteiger partial charge in [-0.05, 0) is 72.1 Å². The molecular formula is C19H18BrN3O2. The average Bonchev–Trinajstić information content (AvgIpc) is 2.94. The maximum Gasteiger partial charge on any atom is 0.274 e. The van der Waals surface area contributed by atoms with Gasteiger partial charge in [0.2, 0.25) is 0 Å². The number of hydrogen-bond donors (Lipinski definition) is 1. The summed E-state index contributed by atoms with van der Waals surface area (Å²) in [5.41, 5.74) is 4.26. The molecule has 1 N–H and O–H groups in total. The molecule has 1 aromatic carbocycles. The zero-order valence-corrected chi connectivity index (χ0v) is 15.8. The van der Waals surface area contributed by atoms with Gasteiger partial charge >= 0.3 is 0 Å². The molecule has 3 rings (SSSR count). The van der Waals surface area contributed by atoms with Crippen LogP contribution >= 0.6 is 15.9 Å². The number of benzene rings is 1. The Morgan fingerprint density at radius 2 is 1.92 bits per heavy atom. The molecule has 1 amide bonds. The van der Waals surface area contributed by atoms with E-state index >= 15 is 0 Å². The molecular weight excluding hydrogens is 382 g/mol. The van der Waals surface area contributed by atoms with Crippen molar-refractivity contribution in [1.29, 1.82) is 0 Å². The number of anilines is 1. The van der Waals surface area contributed by atoms with Crippen molar-refractivity contribution in [3.8, 4) is 0 Å². The molecule has 3 aromatic rings. The van der Waals surface area contributed by atoms with Gasteiger partial charge in [0.15, 0.2) is 11.4 Å². The number of ketones is 1. The van der Waals surface area contributed by atoms with Crippen molar-refractivity contribution in [3.63, 3.8) is 0 Å². The van der Waals surface area contributed by atoms with Gasteiger partial charge in [-0.2, -0.15) is 0 Å². The number of nitrogens with one attached hydrogen (secondary N) is 1. The molecule has 0 radical (unpaired) electrons. The van der Waals surface area contributed by atoms with E-state index in [-0.39, 0.29) is 11.7 Å². The van der Waals surface area contributed by atoms with E-state index < -0.39 is 0 Å². The Balaban J connectivity index is 2.00. The molecule has 0 saturated carbocycles. The summed E-state index contributed by atoms with van der Waals surface area (Å²) in [5.74, 6) is -0.231. The normalized spacial score (nSPS) is 10.9. The summed E-state index contributed by atoms with van der Waals surface area (Å²) in [6.07, 6.45) is 2.55. The van der Waals surface area contributed by atoms with Crippen LogP contribution in [0.25, 0.3) is 5.65 Å². The smallest absolute Gasteiger partial charge is 0.274 e. The van der Waals surface area contributed by atoms with Crippen LogP contribution in [-0.4, -0.2) is 21.1 Å². The fraction of sp³-hybridized carbons (Fsp3) is 0.211. The summed E-state index contributed by atoms with van der Waals surface area (Å²) in [6.45, 7) is 5.46. The molecule has 0 aliphatic rings. The van der Waals surface area contributed by atoms with Crippen LogP contribution in [0.4, 0.5) is 5.69 Å². The van der Waals surface area contributed by atoms with Crippen LogP contribution < -0.4 is 5.32 Å². The van der Waals surface area contributed by atoms with Gasteiger partial charge < -0.3 is 5.32 Å². The third kappa shape index (κ3) is 3.35. The lowest BCUT2D eigenvalue weighted by atomic mass is 10.1. The topological polar surface area (TPSA) is 63.5 Å². The number of pyridine rings is 1. The first kappa shape index (κ1) is 17.4. The standard InChI is InChI=1S/C19H18BrN3O2/c1-4-16-17(23-10-11(2)9-15(20)18(23)22-16)19(25)21-14-7-5-13(6-8-14)12(3)24/h5-10H,4H2,1-3H3,(H,21,25). The van der Waals surface area contributed by atoms with Gasteiger partial charge in [0.25, 0.3) is 5.91 Å². The van der Waals surface area contributed by atoms with E-state index in [4.69, 9.17) is 0 Å². The van der Waals surface area contributed by atoms with Crippen LogP contribution in [0.5, 0.6) is 0 Å². The third-order valence-electron chi connectivity index (χ3n) is 3.98. The Kier molecular flexibility index (Phi) is 4.72. The zero-order chi connectivity index (χ0) is 18.1. The highest BCUT2D eigenvalue weighted by atomic mass is 79.9. The van der Waals surface area contributed by atoms with Crippen LogP contribution in [-0.2, 0) is 6.42 Å². The van der Waals surface area contributed by atoms with E-state index in [1.807, 2.05) is 30.5 Å². The van der Waals surface area contributed by atoms with E-state index in [0.717, 1.165) is 21.4 Å². The second-order valence-electron chi connectivity index (χ2n) is 5.91. The number of rotatable bonds is 4. The molecule has 0 atom stereocenters. The minimum Gasteiger partial charge on any atom is -0.321 e. The maximum absolute atomic E-state index is 12.9. The molecule has 0 fully saturated rings. The lowest BCUT2D eigenvalue weighted by Crippen LogP contribution is -2.16. The van der Waals surface area contributed by atoms with Crippen LogP contribution in [0.2, 0.25) is 0 Å². The highest BCUT2D eigenvalue weighted by Crippen LogP contribution is 2.24. The highest BCUT2D eigenvalue weighted by Gasteiger charge is 2.20. The first-order chi connectivity index (χ1) is 11.9. The predicted molar refractivity (Wildman–Crippen MR) is 101 cm³/mol. The number of hydrogen-bond acceptors (Lipinski definition) is 3. The second kappa shape index (κ2) is 6.80. The number of carbonyl (C=O) groups is 2. The SMILES string of the molecule is CCc1nc2c(Br)cc(C)cn2c1C(=O)Nc1ccc(C(C)=O)cc1. The molecule has 0 bridgehead atoms. The van der Waals surface area contributed by atoms with E-state index in [1.54, 1.807) is 24.3 Å². The second-order valence-corrected chi connectivity index (χ2v) is 6.76. The Labute approximate surface area is 154 Å². The van der Waals surface area contributed by atoms with E-state index in [9.17, 15) is 9.59 Å². The van der Waals surface area contributed by atoms with Crippen molar-refractivity contribution in [2.45, 2.75) is 27.2 Å². The zero-order valence-electron chi connectivity index (χ0n) is 14.3. The van der Waals surface area contributed by atoms with Gasteiger partial charge in [0.1, 0.15) is 5.69 Å². The Morgan fingerprint density at radius 3 is 2.52 bits per heavy atom. The number of amides is 1. The van der Waals surface area contributed by atoms with Gasteiger partial charge in [-0.15, -0.1) is 0 Å². The molecule has 128 valence electrons. The minimum atomic E-state index is -0.225. The number of fused-ring (bicyclic) bond motifs is 1. The number of imidazole rings is 1. The monoisotopic (exact) mass is 399 g/mol. The first-order valence-corrected chi connectivity index (χ1v) is 8.79. The number of halogens is 1. The first-order valence-electron chi connectivity index (χ1n) is 8.00. The Bertz CT molecular complexity index is 974. The van der Waals surface area contributed by atoms with Crippen molar-refractivity contribution < 1.29 is 9.59 Å². The number of aromatic nitrogens is 2. The van der Waals surface area contributed by atoms with Crippen LogP contribution in [0.3, 0.4) is 0 Å². The van der Waals surface area contributed by atoms with E-state index in [2.05, 4.69) is 26.2 Å². The van der Waals surface area contributed by atoms with Crippen molar-refractivity contribution >= 4 is 39.0 Å². The van der Waals surface area contributed by atoms with E-state index in [0.29, 0.717) is 23.4 Å². The highest BCUT2D eigenvalue weighted by molar-refractivity contribution is 9.10. The fourth-order valence-corrected chi connectivity index (χ4v) is 3.39. The summed E-state index contributed by atoms with van der Waals surface area (Å²) in [4.78, 5) is 28.8. The summed E-state index contributed by atoms with van der Waals surface area (Å²) < 4.78 is 2.67. The van der Waals surface area contributed by atoms with Gasteiger partial charge in [-0.1, -0.05) is 6.92 Å². The third-order valence-corrected chi connectivity index (χ3v) is 4.57. The van der Waals surface area contributed by atoms with Gasteiger partial charge in [0.05, 0.1) is 10.2 Å². The maximum atomic E-state index is 12.9. The largest absolute Gasteiger partial charge is 0.321 e. The number of aryl methyl sites for hydroxylation is 2. The molecule has 2 heterocycles. The molecule has 0 saturated heterocycles. The molecule has 0 spiro atoms. The summed E-state index contributed by atoms with van der Waals surface area (Å²) in [7, 11) is 0. The van der Waals surface area contributed by atoms with Gasteiger partial charge in [-0.25, -0.2) is 4.98 Å². The van der Waals surface area contributed by atoms with Gasteiger partial charge in [0, 0.05) is 17.4 Å². The van der Waals surface area contributed by atoms with Crippen LogP contribution in [0, 0.1) is 6.92 Å². The molecule has 0 unspecified atom stereocenters. The van der Waals surface area contributed by atoms with E-state index in [1.165, 1.54) is 6.92 Å². The quantitative estimate of drug-likeness (QED) is 0.660. The number of carbonyl (C=O) groups excluding carboxylic acids is 2. The lowest BCUT2D eigenvalue weighted by Gasteiger charge is -2.08. The molecule has 25 heavy (non-hydrogen) atoms. The summed E-state index contributed by atoms with van der Waals surface area (Å²) in [6, 6.07) is 8.83. The number of Topliss-reactive ketones (excluding diaryl/α,β-unsaturated/α-hetero) is 1. The fourth-order valence-electron chi connectivity index (χ4n) is 2.74. The molecule has 2 aromatic heterocycles. The molecule has 0 aliphatic carbocycles. The molecule has 6 heteroatoms. The molecule has 0 aliphatic heterocycles. The molecule has 5 nitrogen and oxygen atoms in total. The Morgan fingerprint density at radius 1 is 1.24 bits per heavy atom. The summed E-state index contributed by atoms with van der Waals surface area (Å²) >= 11 is 3.51. The summed E-state index contributed by atoms with van der Waals surface area (Å²) in [5, 5.41) is 2.89. The predicted octanol–water partition coefficient (Wildman–Crippen LogP) is 4.42. The minimum absolute atomic E-state index is 0.00625. The van der Waals surface area contributed by atoms with Crippen molar-refractivity contribution in [2.75, 3.05) is 5.32 Å². The van der Waals surface area contributed by atoms with Crippen molar-refractivity contribution in [3.05, 3.63) is 63.5 Å². The van der Waals surface area contributed by atoms with Gasteiger partial charge in [-0.3, -0.25) is 14.0 Å². The Hall–Kier alpha value is -2.47. The lowest BCUT2D eigenvalue weighted by molar-refractivity contribution is 0.101. The van der Waals surface area contributed by atoms with Crippen molar-refractivity contribution in [2.24, 2.45) is 0 Å². The van der Waals surface area contributed by atoms with Crippen LogP contribution in [0.15, 0.2) is 41.0 Å². The van der Waals surface area contributed by atoms with Crippen molar-refractivity contribution in [1.82, 2.24) is 9.38 Å².